The van der Waals surface area contributed by atoms with E-state index in [4.69, 9.17) is 4.74 Å². The highest BCUT2D eigenvalue weighted by molar-refractivity contribution is 5.95. The summed E-state index contributed by atoms with van der Waals surface area (Å²) >= 11 is 0. The van der Waals surface area contributed by atoms with E-state index in [9.17, 15) is 4.79 Å². The van der Waals surface area contributed by atoms with E-state index in [1.165, 1.54) is 11.1 Å². The number of aromatic nitrogens is 1. The van der Waals surface area contributed by atoms with Gasteiger partial charge in [0, 0.05) is 37.7 Å². The number of carbonyl (C=O) groups is 1. The van der Waals surface area contributed by atoms with E-state index in [2.05, 4.69) is 22.9 Å². The fourth-order valence-electron chi connectivity index (χ4n) is 3.69. The molecule has 5 nitrogen and oxygen atoms in total. The van der Waals surface area contributed by atoms with Gasteiger partial charge in [0.05, 0.1) is 12.1 Å². The lowest BCUT2D eigenvalue weighted by Crippen LogP contribution is -2.54. The van der Waals surface area contributed by atoms with E-state index in [0.29, 0.717) is 0 Å². The van der Waals surface area contributed by atoms with Crippen LogP contribution in [0.3, 0.4) is 0 Å². The molecular formula is C19H21N3O2. The Morgan fingerprint density at radius 2 is 2.04 bits per heavy atom. The van der Waals surface area contributed by atoms with Crippen molar-refractivity contribution in [2.75, 3.05) is 24.6 Å². The van der Waals surface area contributed by atoms with Gasteiger partial charge in [-0.15, -0.1) is 0 Å². The van der Waals surface area contributed by atoms with E-state index in [1.807, 2.05) is 47.6 Å². The van der Waals surface area contributed by atoms with Gasteiger partial charge in [0.15, 0.2) is 0 Å². The molecule has 2 aliphatic rings. The van der Waals surface area contributed by atoms with Crippen LogP contribution in [0.4, 0.5) is 5.69 Å². The van der Waals surface area contributed by atoms with Crippen molar-refractivity contribution in [2.45, 2.75) is 25.6 Å². The number of nitrogens with zero attached hydrogens (tertiary/aromatic N) is 3. The zero-order valence-corrected chi connectivity index (χ0v) is 13.8. The van der Waals surface area contributed by atoms with Crippen molar-refractivity contribution in [3.63, 3.8) is 0 Å². The van der Waals surface area contributed by atoms with Crippen LogP contribution >= 0.6 is 0 Å². The van der Waals surface area contributed by atoms with E-state index >= 15 is 0 Å². The number of ether oxygens (including phenoxy) is 1. The molecule has 2 fully saturated rings. The van der Waals surface area contributed by atoms with Crippen molar-refractivity contribution in [1.29, 1.82) is 0 Å². The van der Waals surface area contributed by atoms with E-state index in [0.717, 1.165) is 25.3 Å². The summed E-state index contributed by atoms with van der Waals surface area (Å²) in [4.78, 5) is 21.0. The van der Waals surface area contributed by atoms with Crippen LogP contribution in [-0.2, 0) is 16.1 Å². The van der Waals surface area contributed by atoms with Gasteiger partial charge in [0.25, 0.3) is 5.91 Å². The van der Waals surface area contributed by atoms with Gasteiger partial charge in [-0.2, -0.15) is 0 Å². The van der Waals surface area contributed by atoms with Gasteiger partial charge in [-0.05, 0) is 30.2 Å². The Morgan fingerprint density at radius 1 is 1.21 bits per heavy atom. The number of anilines is 1. The minimum Gasteiger partial charge on any atom is -0.365 e. The molecule has 2 atom stereocenters. The summed E-state index contributed by atoms with van der Waals surface area (Å²) in [6.45, 7) is 4.71. The highest BCUT2D eigenvalue weighted by Crippen LogP contribution is 2.29. The summed E-state index contributed by atoms with van der Waals surface area (Å²) < 4.78 is 5.81. The fourth-order valence-corrected chi connectivity index (χ4v) is 3.69. The molecule has 4 rings (SSSR count). The third kappa shape index (κ3) is 2.92. The maximum Gasteiger partial charge on any atom is 0.253 e. The van der Waals surface area contributed by atoms with Gasteiger partial charge in [-0.1, -0.05) is 24.3 Å². The molecule has 1 aromatic heterocycles. The molecule has 0 saturated carbocycles. The predicted octanol–water partition coefficient (Wildman–Crippen LogP) is 2.01. The van der Waals surface area contributed by atoms with Gasteiger partial charge in [0.1, 0.15) is 6.61 Å². The van der Waals surface area contributed by atoms with Crippen LogP contribution in [0.15, 0.2) is 48.8 Å². The average Bonchev–Trinajstić information content (AvgIpc) is 2.98. The summed E-state index contributed by atoms with van der Waals surface area (Å²) in [5, 5.41) is 0. The number of morpholine rings is 1. The predicted molar refractivity (Wildman–Crippen MR) is 91.7 cm³/mol. The van der Waals surface area contributed by atoms with Crippen molar-refractivity contribution in [3.05, 3.63) is 59.9 Å². The zero-order valence-electron chi connectivity index (χ0n) is 13.8. The lowest BCUT2D eigenvalue weighted by atomic mass is 10.1. The molecule has 1 amide bonds. The first-order valence-electron chi connectivity index (χ1n) is 8.32. The van der Waals surface area contributed by atoms with Crippen LogP contribution in [0, 0.1) is 6.92 Å². The number of carbonyl (C=O) groups excluding carboxylic acids is 1. The van der Waals surface area contributed by atoms with Gasteiger partial charge < -0.3 is 9.64 Å². The first kappa shape index (κ1) is 15.3. The Hall–Kier alpha value is -2.24. The number of fused-ring (bicyclic) bond motifs is 1. The topological polar surface area (TPSA) is 45.7 Å². The van der Waals surface area contributed by atoms with E-state index < -0.39 is 0 Å². The number of hydrogen-bond acceptors (Lipinski definition) is 4. The molecule has 124 valence electrons. The molecule has 0 N–H and O–H groups in total. The quantitative estimate of drug-likeness (QED) is 0.867. The summed E-state index contributed by atoms with van der Waals surface area (Å²) in [7, 11) is 0. The first-order valence-corrected chi connectivity index (χ1v) is 8.32. The molecule has 2 aromatic rings. The highest BCUT2D eigenvalue weighted by Gasteiger charge is 2.43. The Morgan fingerprint density at radius 3 is 2.83 bits per heavy atom. The second-order valence-electron chi connectivity index (χ2n) is 6.58. The number of benzene rings is 1. The van der Waals surface area contributed by atoms with Gasteiger partial charge in [-0.3, -0.25) is 14.7 Å². The molecule has 3 heterocycles. The number of pyridine rings is 1. The summed E-state index contributed by atoms with van der Waals surface area (Å²) in [5.74, 6) is 0.0431. The molecular weight excluding hydrogens is 302 g/mol. The maximum absolute atomic E-state index is 12.4. The third-order valence-electron chi connectivity index (χ3n) is 4.71. The normalized spacial score (nSPS) is 24.2. The molecule has 0 aliphatic carbocycles. The Kier molecular flexibility index (Phi) is 4.04. The summed E-state index contributed by atoms with van der Waals surface area (Å²) in [6.07, 6.45) is 3.85. The molecule has 0 bridgehead atoms. The summed E-state index contributed by atoms with van der Waals surface area (Å²) in [6, 6.07) is 12.1. The van der Waals surface area contributed by atoms with Crippen LogP contribution < -0.4 is 4.90 Å². The van der Waals surface area contributed by atoms with Crippen molar-refractivity contribution in [1.82, 2.24) is 9.88 Å². The molecule has 24 heavy (non-hydrogen) atoms. The summed E-state index contributed by atoms with van der Waals surface area (Å²) in [5.41, 5.74) is 3.33. The van der Waals surface area contributed by atoms with Crippen LogP contribution in [0.25, 0.3) is 0 Å². The van der Waals surface area contributed by atoms with Crippen molar-refractivity contribution in [2.24, 2.45) is 0 Å². The Bertz CT molecular complexity index is 734. The van der Waals surface area contributed by atoms with E-state index in [1.54, 1.807) is 0 Å². The largest absolute Gasteiger partial charge is 0.365 e. The van der Waals surface area contributed by atoms with E-state index in [-0.39, 0.29) is 24.7 Å². The number of amides is 1. The van der Waals surface area contributed by atoms with Gasteiger partial charge >= 0.3 is 0 Å². The van der Waals surface area contributed by atoms with Crippen LogP contribution in [-0.4, -0.2) is 47.6 Å². The van der Waals surface area contributed by atoms with Gasteiger partial charge in [-0.25, -0.2) is 0 Å². The molecule has 2 aliphatic heterocycles. The Balaban J connectivity index is 1.53. The number of likely N-dealkylation sites (tertiary alicyclic amines) is 1. The van der Waals surface area contributed by atoms with Crippen LogP contribution in [0.1, 0.15) is 11.1 Å². The monoisotopic (exact) mass is 323 g/mol. The minimum absolute atomic E-state index is 0.0431. The van der Waals surface area contributed by atoms with Crippen molar-refractivity contribution in [3.8, 4) is 0 Å². The second kappa shape index (κ2) is 6.34. The van der Waals surface area contributed by atoms with Crippen molar-refractivity contribution >= 4 is 11.6 Å². The number of aryl methyl sites for hydroxylation is 1. The molecule has 0 radical (unpaired) electrons. The molecule has 1 aromatic carbocycles. The van der Waals surface area contributed by atoms with Crippen molar-refractivity contribution < 1.29 is 9.53 Å². The maximum atomic E-state index is 12.4. The van der Waals surface area contributed by atoms with Crippen LogP contribution in [0.5, 0.6) is 0 Å². The molecule has 0 spiro atoms. The van der Waals surface area contributed by atoms with Crippen LogP contribution in [0.2, 0.25) is 0 Å². The fraction of sp³-hybridized carbons (Fsp3) is 0.368. The molecule has 2 saturated heterocycles. The number of rotatable bonds is 3. The average molecular weight is 323 g/mol. The Labute approximate surface area is 141 Å². The smallest absolute Gasteiger partial charge is 0.253 e. The first-order chi connectivity index (χ1) is 11.7. The SMILES string of the molecule is Cc1cncc(CN2C[C@@H]3OCC(=O)N(c4ccccc4)[C@H]3C2)c1. The lowest BCUT2D eigenvalue weighted by Gasteiger charge is -2.36. The third-order valence-corrected chi connectivity index (χ3v) is 4.71. The van der Waals surface area contributed by atoms with Gasteiger partial charge in [0.2, 0.25) is 0 Å². The highest BCUT2D eigenvalue weighted by atomic mass is 16.5. The second-order valence-corrected chi connectivity index (χ2v) is 6.58. The minimum atomic E-state index is 0.0431. The standard InChI is InChI=1S/C19H21N3O2/c1-14-7-15(9-20-8-14)10-21-11-17-18(12-21)24-13-19(23)22(17)16-5-3-2-4-6-16/h2-9,17-18H,10-13H2,1H3/t17-,18-/m0/s1. The number of para-hydroxylation sites is 1. The lowest BCUT2D eigenvalue weighted by molar-refractivity contribution is -0.130. The zero-order chi connectivity index (χ0) is 16.5. The number of hydrogen-bond donors (Lipinski definition) is 0. The molecule has 0 unspecified atom stereocenters. The molecule has 5 heteroatoms.